The van der Waals surface area contributed by atoms with E-state index in [1.807, 2.05) is 0 Å². The highest BCUT2D eigenvalue weighted by Gasteiger charge is 2.22. The first-order chi connectivity index (χ1) is 10.8. The summed E-state index contributed by atoms with van der Waals surface area (Å²) < 4.78 is 26.7. The zero-order chi connectivity index (χ0) is 17.0. The van der Waals surface area contributed by atoms with E-state index in [1.165, 1.54) is 31.2 Å². The lowest BCUT2D eigenvalue weighted by Gasteiger charge is -2.15. The first-order valence-electron chi connectivity index (χ1n) is 6.63. The van der Waals surface area contributed by atoms with Crippen molar-refractivity contribution in [3.05, 3.63) is 58.6 Å². The molecule has 0 heterocycles. The van der Waals surface area contributed by atoms with E-state index in [0.29, 0.717) is 15.7 Å². The predicted molar refractivity (Wildman–Crippen MR) is 91.3 cm³/mol. The van der Waals surface area contributed by atoms with E-state index < -0.39 is 22.0 Å². The minimum atomic E-state index is -3.78. The van der Waals surface area contributed by atoms with E-state index in [0.717, 1.165) is 0 Å². The van der Waals surface area contributed by atoms with Gasteiger partial charge in [-0.25, -0.2) is 8.42 Å². The molecule has 2 rings (SSSR count). The highest BCUT2D eigenvalue weighted by Crippen LogP contribution is 2.25. The van der Waals surface area contributed by atoms with Gasteiger partial charge >= 0.3 is 0 Å². The summed E-state index contributed by atoms with van der Waals surface area (Å²) in [7, 11) is -3.78. The lowest BCUT2D eigenvalue weighted by Crippen LogP contribution is -2.41. The van der Waals surface area contributed by atoms with Crippen LogP contribution in [-0.4, -0.2) is 20.4 Å². The zero-order valence-electron chi connectivity index (χ0n) is 12.1. The number of halogens is 2. The lowest BCUT2D eigenvalue weighted by molar-refractivity contribution is -0.117. The molecule has 0 bridgehead atoms. The van der Waals surface area contributed by atoms with Crippen molar-refractivity contribution in [3.63, 3.8) is 0 Å². The third kappa shape index (κ3) is 4.68. The molecule has 0 unspecified atom stereocenters. The summed E-state index contributed by atoms with van der Waals surface area (Å²) in [6, 6.07) is 11.4. The fourth-order valence-electron chi connectivity index (χ4n) is 1.79. The number of sulfonamides is 1. The molecule has 1 amide bonds. The number of carbonyl (C=O) groups is 1. The number of benzene rings is 2. The van der Waals surface area contributed by atoms with Crippen LogP contribution in [0.4, 0.5) is 5.69 Å². The summed E-state index contributed by atoms with van der Waals surface area (Å²) >= 11 is 11.8. The molecule has 1 atom stereocenters. The number of anilines is 1. The maximum Gasteiger partial charge on any atom is 0.242 e. The van der Waals surface area contributed by atoms with Gasteiger partial charge in [-0.15, -0.1) is 0 Å². The van der Waals surface area contributed by atoms with Crippen LogP contribution in [-0.2, 0) is 14.8 Å². The van der Waals surface area contributed by atoms with Gasteiger partial charge in [-0.3, -0.25) is 4.79 Å². The Morgan fingerprint density at radius 2 is 1.74 bits per heavy atom. The van der Waals surface area contributed by atoms with Crippen molar-refractivity contribution < 1.29 is 13.2 Å². The largest absolute Gasteiger partial charge is 0.323 e. The van der Waals surface area contributed by atoms with Crippen molar-refractivity contribution >= 4 is 44.8 Å². The minimum absolute atomic E-state index is 0.0837. The van der Waals surface area contributed by atoms with Crippen molar-refractivity contribution in [3.8, 4) is 0 Å². The average molecular weight is 373 g/mol. The van der Waals surface area contributed by atoms with Crippen LogP contribution in [0, 0.1) is 0 Å². The third-order valence-electron chi connectivity index (χ3n) is 2.96. The number of carbonyl (C=O) groups excluding carboxylic acids is 1. The Morgan fingerprint density at radius 3 is 2.39 bits per heavy atom. The van der Waals surface area contributed by atoms with Crippen LogP contribution < -0.4 is 10.0 Å². The van der Waals surface area contributed by atoms with Gasteiger partial charge in [0.25, 0.3) is 0 Å². The van der Waals surface area contributed by atoms with Crippen LogP contribution in [0.25, 0.3) is 0 Å². The monoisotopic (exact) mass is 372 g/mol. The molecule has 0 saturated carbocycles. The smallest absolute Gasteiger partial charge is 0.242 e. The SMILES string of the molecule is C[C@H](NS(=O)(=O)c1ccccc1)C(=O)Nc1cc(Cl)ccc1Cl. The maximum absolute atomic E-state index is 12.2. The van der Waals surface area contributed by atoms with Gasteiger partial charge in [0.1, 0.15) is 0 Å². The third-order valence-corrected chi connectivity index (χ3v) is 5.09. The van der Waals surface area contributed by atoms with Gasteiger partial charge in [0.05, 0.1) is 21.6 Å². The Kier molecular flexibility index (Phi) is 5.64. The Bertz CT molecular complexity index is 811. The van der Waals surface area contributed by atoms with E-state index >= 15 is 0 Å². The van der Waals surface area contributed by atoms with Gasteiger partial charge in [0.15, 0.2) is 0 Å². The molecule has 0 aromatic heterocycles. The van der Waals surface area contributed by atoms with Crippen LogP contribution in [0.1, 0.15) is 6.92 Å². The zero-order valence-corrected chi connectivity index (χ0v) is 14.4. The fraction of sp³-hybridized carbons (Fsp3) is 0.133. The van der Waals surface area contributed by atoms with Crippen molar-refractivity contribution in [2.24, 2.45) is 0 Å². The van der Waals surface area contributed by atoms with Crippen molar-refractivity contribution in [1.29, 1.82) is 0 Å². The number of hydrogen-bond donors (Lipinski definition) is 2. The first-order valence-corrected chi connectivity index (χ1v) is 8.87. The molecule has 8 heteroatoms. The molecule has 0 spiro atoms. The maximum atomic E-state index is 12.2. The predicted octanol–water partition coefficient (Wildman–Crippen LogP) is 3.30. The Morgan fingerprint density at radius 1 is 1.09 bits per heavy atom. The summed E-state index contributed by atoms with van der Waals surface area (Å²) in [5.74, 6) is -0.548. The number of hydrogen-bond acceptors (Lipinski definition) is 3. The molecule has 0 aliphatic rings. The molecule has 0 radical (unpaired) electrons. The quantitative estimate of drug-likeness (QED) is 0.845. The van der Waals surface area contributed by atoms with Crippen LogP contribution in [0.15, 0.2) is 53.4 Å². The Labute approximate surface area is 144 Å². The standard InChI is InChI=1S/C15H14Cl2N2O3S/c1-10(19-23(21,22)12-5-3-2-4-6-12)15(20)18-14-9-11(16)7-8-13(14)17/h2-10,19H,1H3,(H,18,20)/t10-/m0/s1. The highest BCUT2D eigenvalue weighted by atomic mass is 35.5. The van der Waals surface area contributed by atoms with Gasteiger partial charge < -0.3 is 5.32 Å². The van der Waals surface area contributed by atoms with Crippen molar-refractivity contribution in [1.82, 2.24) is 4.72 Å². The van der Waals surface area contributed by atoms with E-state index in [4.69, 9.17) is 23.2 Å². The van der Waals surface area contributed by atoms with Gasteiger partial charge in [0.2, 0.25) is 15.9 Å². The van der Waals surface area contributed by atoms with E-state index in [2.05, 4.69) is 10.0 Å². The number of nitrogens with one attached hydrogen (secondary N) is 2. The first kappa shape index (κ1) is 17.7. The minimum Gasteiger partial charge on any atom is -0.323 e. The number of rotatable bonds is 5. The number of amides is 1. The lowest BCUT2D eigenvalue weighted by atomic mass is 10.3. The molecule has 2 aromatic carbocycles. The molecule has 122 valence electrons. The molecule has 5 nitrogen and oxygen atoms in total. The summed E-state index contributed by atoms with van der Waals surface area (Å²) in [6.07, 6.45) is 0. The summed E-state index contributed by atoms with van der Waals surface area (Å²) in [5.41, 5.74) is 0.315. The van der Waals surface area contributed by atoms with Gasteiger partial charge in [0, 0.05) is 5.02 Å². The Balaban J connectivity index is 2.10. The summed E-state index contributed by atoms with van der Waals surface area (Å²) in [5, 5.41) is 3.25. The normalized spacial score (nSPS) is 12.7. The van der Waals surface area contributed by atoms with Crippen LogP contribution >= 0.6 is 23.2 Å². The van der Waals surface area contributed by atoms with Crippen molar-refractivity contribution in [2.75, 3.05) is 5.32 Å². The molecular weight excluding hydrogens is 359 g/mol. The van der Waals surface area contributed by atoms with E-state index in [-0.39, 0.29) is 4.90 Å². The summed E-state index contributed by atoms with van der Waals surface area (Å²) in [4.78, 5) is 12.2. The molecule has 0 saturated heterocycles. The molecule has 0 aliphatic carbocycles. The second kappa shape index (κ2) is 7.31. The van der Waals surface area contributed by atoms with E-state index in [9.17, 15) is 13.2 Å². The van der Waals surface area contributed by atoms with Crippen LogP contribution in [0.2, 0.25) is 10.0 Å². The molecular formula is C15H14Cl2N2O3S. The molecule has 2 aromatic rings. The Hall–Kier alpha value is -1.60. The van der Waals surface area contributed by atoms with E-state index in [1.54, 1.807) is 24.3 Å². The van der Waals surface area contributed by atoms with Gasteiger partial charge in [-0.1, -0.05) is 41.4 Å². The average Bonchev–Trinajstić information content (AvgIpc) is 2.51. The van der Waals surface area contributed by atoms with Crippen molar-refractivity contribution in [2.45, 2.75) is 17.9 Å². The molecule has 23 heavy (non-hydrogen) atoms. The summed E-state index contributed by atoms with van der Waals surface area (Å²) in [6.45, 7) is 1.44. The molecule has 0 fully saturated rings. The fourth-order valence-corrected chi connectivity index (χ4v) is 3.35. The molecule has 2 N–H and O–H groups in total. The van der Waals surface area contributed by atoms with Gasteiger partial charge in [-0.05, 0) is 37.3 Å². The molecule has 0 aliphatic heterocycles. The second-order valence-corrected chi connectivity index (χ2v) is 7.33. The highest BCUT2D eigenvalue weighted by molar-refractivity contribution is 7.89. The van der Waals surface area contributed by atoms with Crippen LogP contribution in [0.3, 0.4) is 0 Å². The topological polar surface area (TPSA) is 75.3 Å². The second-order valence-electron chi connectivity index (χ2n) is 4.77. The van der Waals surface area contributed by atoms with Crippen LogP contribution in [0.5, 0.6) is 0 Å². The van der Waals surface area contributed by atoms with Gasteiger partial charge in [-0.2, -0.15) is 4.72 Å².